The van der Waals surface area contributed by atoms with Gasteiger partial charge >= 0.3 is 5.97 Å². The summed E-state index contributed by atoms with van der Waals surface area (Å²) in [5.74, 6) is -3.32. The van der Waals surface area contributed by atoms with E-state index in [1.54, 1.807) is 7.05 Å². The number of halogens is 2. The molecule has 0 aliphatic carbocycles. The van der Waals surface area contributed by atoms with Gasteiger partial charge in [-0.2, -0.15) is 0 Å². The maximum absolute atomic E-state index is 13.6. The van der Waals surface area contributed by atoms with Gasteiger partial charge in [-0.05, 0) is 18.7 Å². The maximum atomic E-state index is 13.6. The molecule has 5 heteroatoms. The molecule has 1 fully saturated rings. The second kappa shape index (κ2) is 4.41. The van der Waals surface area contributed by atoms with Crippen molar-refractivity contribution in [2.75, 3.05) is 20.1 Å². The van der Waals surface area contributed by atoms with Crippen LogP contribution in [0, 0.1) is 17.6 Å². The lowest BCUT2D eigenvalue weighted by atomic mass is 9.88. The summed E-state index contributed by atoms with van der Waals surface area (Å²) in [6, 6.07) is 3.30. The molecule has 2 unspecified atom stereocenters. The van der Waals surface area contributed by atoms with Gasteiger partial charge in [0.25, 0.3) is 0 Å². The molecule has 0 spiro atoms. The van der Waals surface area contributed by atoms with E-state index in [9.17, 15) is 13.6 Å². The zero-order chi connectivity index (χ0) is 12.6. The number of likely N-dealkylation sites (tertiary alicyclic amines) is 1. The van der Waals surface area contributed by atoms with Crippen LogP contribution in [0.5, 0.6) is 0 Å². The van der Waals surface area contributed by atoms with Crippen LogP contribution in [0.2, 0.25) is 0 Å². The number of benzene rings is 1. The van der Waals surface area contributed by atoms with Crippen molar-refractivity contribution in [3.05, 3.63) is 35.4 Å². The number of hydrogen-bond donors (Lipinski definition) is 1. The Morgan fingerprint density at radius 1 is 1.41 bits per heavy atom. The molecular formula is C12H13F2NO2. The second-order valence-electron chi connectivity index (χ2n) is 4.44. The van der Waals surface area contributed by atoms with Crippen LogP contribution in [-0.4, -0.2) is 36.1 Å². The van der Waals surface area contributed by atoms with Crippen molar-refractivity contribution in [3.63, 3.8) is 0 Å². The van der Waals surface area contributed by atoms with Crippen molar-refractivity contribution >= 4 is 5.97 Å². The fourth-order valence-electron chi connectivity index (χ4n) is 2.37. The van der Waals surface area contributed by atoms with Gasteiger partial charge < -0.3 is 10.0 Å². The molecule has 1 saturated heterocycles. The van der Waals surface area contributed by atoms with E-state index in [4.69, 9.17) is 5.11 Å². The van der Waals surface area contributed by atoms with Gasteiger partial charge in [-0.1, -0.05) is 6.07 Å². The molecule has 3 nitrogen and oxygen atoms in total. The van der Waals surface area contributed by atoms with E-state index in [0.717, 1.165) is 12.1 Å². The van der Waals surface area contributed by atoms with Gasteiger partial charge in [0.1, 0.15) is 11.6 Å². The predicted molar refractivity (Wildman–Crippen MR) is 57.7 cm³/mol. The highest BCUT2D eigenvalue weighted by Crippen LogP contribution is 2.33. The molecule has 1 aromatic rings. The zero-order valence-electron chi connectivity index (χ0n) is 9.36. The van der Waals surface area contributed by atoms with Crippen LogP contribution < -0.4 is 0 Å². The fourth-order valence-corrected chi connectivity index (χ4v) is 2.37. The largest absolute Gasteiger partial charge is 0.481 e. The first-order valence-corrected chi connectivity index (χ1v) is 5.35. The number of aliphatic carboxylic acids is 1. The lowest BCUT2D eigenvalue weighted by Crippen LogP contribution is -2.22. The van der Waals surface area contributed by atoms with Crippen molar-refractivity contribution in [2.45, 2.75) is 5.92 Å². The highest BCUT2D eigenvalue weighted by molar-refractivity contribution is 5.72. The first kappa shape index (κ1) is 12.0. The molecule has 1 N–H and O–H groups in total. The Balaban J connectivity index is 2.34. The Labute approximate surface area is 97.7 Å². The molecule has 0 radical (unpaired) electrons. The molecule has 1 heterocycles. The Hall–Kier alpha value is -1.49. The molecule has 2 rings (SSSR count). The number of nitrogens with zero attached hydrogens (tertiary/aromatic N) is 1. The topological polar surface area (TPSA) is 40.5 Å². The van der Waals surface area contributed by atoms with Crippen molar-refractivity contribution in [3.8, 4) is 0 Å². The quantitative estimate of drug-likeness (QED) is 0.856. The molecule has 17 heavy (non-hydrogen) atoms. The molecule has 1 aliphatic rings. The summed E-state index contributed by atoms with van der Waals surface area (Å²) >= 11 is 0. The normalized spacial score (nSPS) is 25.1. The molecule has 1 aromatic carbocycles. The SMILES string of the molecule is CN1CC(C(=O)O)C(c2ccc(F)cc2F)C1. The summed E-state index contributed by atoms with van der Waals surface area (Å²) in [7, 11) is 1.79. The summed E-state index contributed by atoms with van der Waals surface area (Å²) < 4.78 is 26.4. The third-order valence-electron chi connectivity index (χ3n) is 3.18. The summed E-state index contributed by atoms with van der Waals surface area (Å²) in [6.45, 7) is 0.857. The Morgan fingerprint density at radius 2 is 2.12 bits per heavy atom. The highest BCUT2D eigenvalue weighted by Gasteiger charge is 2.38. The summed E-state index contributed by atoms with van der Waals surface area (Å²) in [5.41, 5.74) is 0.281. The summed E-state index contributed by atoms with van der Waals surface area (Å²) in [6.07, 6.45) is 0. The van der Waals surface area contributed by atoms with Gasteiger partial charge in [0.15, 0.2) is 0 Å². The van der Waals surface area contributed by atoms with Crippen LogP contribution in [0.3, 0.4) is 0 Å². The number of carboxylic acid groups (broad SMARTS) is 1. The van der Waals surface area contributed by atoms with Gasteiger partial charge in [0.2, 0.25) is 0 Å². The number of carboxylic acids is 1. The number of hydrogen-bond acceptors (Lipinski definition) is 2. The van der Waals surface area contributed by atoms with Crippen LogP contribution >= 0.6 is 0 Å². The van der Waals surface area contributed by atoms with E-state index < -0.39 is 29.4 Å². The van der Waals surface area contributed by atoms with E-state index >= 15 is 0 Å². The third-order valence-corrected chi connectivity index (χ3v) is 3.18. The Kier molecular flexibility index (Phi) is 3.11. The minimum absolute atomic E-state index is 0.281. The predicted octanol–water partition coefficient (Wildman–Crippen LogP) is 1.69. The molecule has 0 aromatic heterocycles. The van der Waals surface area contributed by atoms with Crippen LogP contribution in [0.4, 0.5) is 8.78 Å². The molecular weight excluding hydrogens is 228 g/mol. The lowest BCUT2D eigenvalue weighted by Gasteiger charge is -2.15. The zero-order valence-corrected chi connectivity index (χ0v) is 9.36. The average molecular weight is 241 g/mol. The van der Waals surface area contributed by atoms with Crippen LogP contribution in [0.15, 0.2) is 18.2 Å². The fraction of sp³-hybridized carbons (Fsp3) is 0.417. The van der Waals surface area contributed by atoms with Crippen molar-refractivity contribution in [1.29, 1.82) is 0 Å². The van der Waals surface area contributed by atoms with Gasteiger partial charge in [-0.15, -0.1) is 0 Å². The molecule has 1 aliphatic heterocycles. The summed E-state index contributed by atoms with van der Waals surface area (Å²) in [5, 5.41) is 9.09. The number of likely N-dealkylation sites (N-methyl/N-ethyl adjacent to an activating group) is 1. The highest BCUT2D eigenvalue weighted by atomic mass is 19.1. The van der Waals surface area contributed by atoms with Gasteiger partial charge in [-0.3, -0.25) is 4.79 Å². The van der Waals surface area contributed by atoms with E-state index in [-0.39, 0.29) is 5.56 Å². The smallest absolute Gasteiger partial charge is 0.308 e. The molecule has 0 bridgehead atoms. The maximum Gasteiger partial charge on any atom is 0.308 e. The third kappa shape index (κ3) is 2.29. The standard InChI is InChI=1S/C12H13F2NO2/c1-15-5-9(10(6-15)12(16)17)8-3-2-7(13)4-11(8)14/h2-4,9-10H,5-6H2,1H3,(H,16,17). The first-order valence-electron chi connectivity index (χ1n) is 5.35. The minimum Gasteiger partial charge on any atom is -0.481 e. The first-order chi connectivity index (χ1) is 7.99. The number of rotatable bonds is 2. The van der Waals surface area contributed by atoms with Gasteiger partial charge in [0.05, 0.1) is 5.92 Å². The van der Waals surface area contributed by atoms with Crippen molar-refractivity contribution < 1.29 is 18.7 Å². The van der Waals surface area contributed by atoms with E-state index in [1.165, 1.54) is 6.07 Å². The molecule has 0 saturated carbocycles. The monoisotopic (exact) mass is 241 g/mol. The van der Waals surface area contributed by atoms with Crippen molar-refractivity contribution in [2.24, 2.45) is 5.92 Å². The summed E-state index contributed by atoms with van der Waals surface area (Å²) in [4.78, 5) is 12.9. The Morgan fingerprint density at radius 3 is 2.71 bits per heavy atom. The van der Waals surface area contributed by atoms with Gasteiger partial charge in [0, 0.05) is 25.1 Å². The number of carbonyl (C=O) groups is 1. The molecule has 2 atom stereocenters. The van der Waals surface area contributed by atoms with Crippen LogP contribution in [0.1, 0.15) is 11.5 Å². The Bertz CT molecular complexity index is 450. The van der Waals surface area contributed by atoms with E-state index in [0.29, 0.717) is 13.1 Å². The van der Waals surface area contributed by atoms with Crippen LogP contribution in [0.25, 0.3) is 0 Å². The minimum atomic E-state index is -0.942. The van der Waals surface area contributed by atoms with Crippen LogP contribution in [-0.2, 0) is 4.79 Å². The second-order valence-corrected chi connectivity index (χ2v) is 4.44. The average Bonchev–Trinajstić information content (AvgIpc) is 2.60. The van der Waals surface area contributed by atoms with Gasteiger partial charge in [-0.25, -0.2) is 8.78 Å². The van der Waals surface area contributed by atoms with E-state index in [1.807, 2.05) is 4.90 Å². The van der Waals surface area contributed by atoms with Crippen molar-refractivity contribution in [1.82, 2.24) is 4.90 Å². The molecule has 92 valence electrons. The van der Waals surface area contributed by atoms with E-state index in [2.05, 4.69) is 0 Å². The molecule has 0 amide bonds. The lowest BCUT2D eigenvalue weighted by molar-refractivity contribution is -0.141.